The molecule has 1 aliphatic heterocycles. The van der Waals surface area contributed by atoms with E-state index in [9.17, 15) is 4.79 Å². The van der Waals surface area contributed by atoms with Crippen LogP contribution in [0.15, 0.2) is 36.4 Å². The largest absolute Gasteiger partial charge is 0.493 e. The predicted molar refractivity (Wildman–Crippen MR) is 113 cm³/mol. The second-order valence-electron chi connectivity index (χ2n) is 6.87. The van der Waals surface area contributed by atoms with E-state index in [1.54, 1.807) is 19.2 Å². The molecule has 6 nitrogen and oxygen atoms in total. The Morgan fingerprint density at radius 2 is 1.72 bits per heavy atom. The molecule has 1 saturated heterocycles. The molecule has 7 heteroatoms. The molecule has 1 heterocycles. The van der Waals surface area contributed by atoms with Crippen LogP contribution in [0.25, 0.3) is 0 Å². The van der Waals surface area contributed by atoms with E-state index in [1.165, 1.54) is 14.2 Å². The number of nitrogens with one attached hydrogen (secondary N) is 1. The molecule has 29 heavy (non-hydrogen) atoms. The molecule has 156 valence electrons. The molecule has 0 bridgehead atoms. The van der Waals surface area contributed by atoms with Crippen molar-refractivity contribution in [1.29, 1.82) is 0 Å². The average molecular weight is 419 g/mol. The minimum Gasteiger partial charge on any atom is -0.493 e. The van der Waals surface area contributed by atoms with E-state index in [0.717, 1.165) is 31.5 Å². The van der Waals surface area contributed by atoms with Crippen LogP contribution in [0, 0.1) is 0 Å². The lowest BCUT2D eigenvalue weighted by Gasteiger charge is -2.29. The number of nitrogens with zero attached hydrogens (tertiary/aromatic N) is 1. The highest BCUT2D eigenvalue weighted by molar-refractivity contribution is 6.31. The molecule has 2 aromatic rings. The van der Waals surface area contributed by atoms with E-state index in [4.69, 9.17) is 25.8 Å². The monoisotopic (exact) mass is 418 g/mol. The van der Waals surface area contributed by atoms with Gasteiger partial charge in [0.1, 0.15) is 0 Å². The van der Waals surface area contributed by atoms with Gasteiger partial charge in [0.2, 0.25) is 5.75 Å². The lowest BCUT2D eigenvalue weighted by atomic mass is 10.0. The number of carbonyl (C=O) groups excluding carboxylic acids is 1. The third-order valence-electron chi connectivity index (χ3n) is 5.25. The fourth-order valence-corrected chi connectivity index (χ4v) is 4.06. The summed E-state index contributed by atoms with van der Waals surface area (Å²) in [6.07, 6.45) is 2.30. The highest BCUT2D eigenvalue weighted by atomic mass is 35.5. The van der Waals surface area contributed by atoms with Gasteiger partial charge in [-0.2, -0.15) is 0 Å². The summed E-state index contributed by atoms with van der Waals surface area (Å²) in [4.78, 5) is 15.4. The molecule has 2 aromatic carbocycles. The fourth-order valence-electron chi connectivity index (χ4n) is 3.80. The number of hydrogen-bond acceptors (Lipinski definition) is 5. The van der Waals surface area contributed by atoms with Crippen molar-refractivity contribution in [2.24, 2.45) is 0 Å². The molecule has 0 aliphatic carbocycles. The number of methoxy groups -OCH3 is 3. The van der Waals surface area contributed by atoms with Crippen molar-refractivity contribution in [3.8, 4) is 17.2 Å². The Kier molecular flexibility index (Phi) is 7.23. The Morgan fingerprint density at radius 3 is 2.34 bits per heavy atom. The number of benzene rings is 2. The van der Waals surface area contributed by atoms with Crippen molar-refractivity contribution in [2.45, 2.75) is 18.9 Å². The van der Waals surface area contributed by atoms with Gasteiger partial charge in [-0.25, -0.2) is 0 Å². The van der Waals surface area contributed by atoms with Crippen LogP contribution in [0.4, 0.5) is 0 Å². The Labute approximate surface area is 176 Å². The smallest absolute Gasteiger partial charge is 0.255 e. The summed E-state index contributed by atoms with van der Waals surface area (Å²) in [6.45, 7) is 2.43. The first kappa shape index (κ1) is 21.3. The first-order chi connectivity index (χ1) is 14.1. The first-order valence-electron chi connectivity index (χ1n) is 9.66. The maximum absolute atomic E-state index is 13.0. The highest BCUT2D eigenvalue weighted by Gasteiger charge is 2.27. The molecule has 0 aromatic heterocycles. The SMILES string of the molecule is COc1ccc(C(=O)NCC(c2ccccc2Cl)N2CCCC2)c(OC)c1OC. The van der Waals surface area contributed by atoms with Crippen molar-refractivity contribution < 1.29 is 19.0 Å². The predicted octanol–water partition coefficient (Wildman–Crippen LogP) is 3.93. The molecule has 1 atom stereocenters. The normalized spacial score (nSPS) is 15.0. The molecule has 0 spiro atoms. The number of rotatable bonds is 8. The molecule has 1 N–H and O–H groups in total. The maximum atomic E-state index is 13.0. The van der Waals surface area contributed by atoms with Crippen molar-refractivity contribution in [2.75, 3.05) is 41.0 Å². The van der Waals surface area contributed by atoms with Crippen molar-refractivity contribution in [1.82, 2.24) is 10.2 Å². The van der Waals surface area contributed by atoms with Crippen LogP contribution in [0.5, 0.6) is 17.2 Å². The van der Waals surface area contributed by atoms with Gasteiger partial charge in [-0.3, -0.25) is 9.69 Å². The Bertz CT molecular complexity index is 853. The summed E-state index contributed by atoms with van der Waals surface area (Å²) in [5, 5.41) is 3.76. The number of halogens is 1. The minimum atomic E-state index is -0.237. The molecule has 1 amide bonds. The number of carbonyl (C=O) groups is 1. The van der Waals surface area contributed by atoms with Gasteiger partial charge in [-0.05, 0) is 49.7 Å². The number of ether oxygens (including phenoxy) is 3. The van der Waals surface area contributed by atoms with Crippen molar-refractivity contribution in [3.05, 3.63) is 52.5 Å². The molecule has 1 aliphatic rings. The fraction of sp³-hybridized carbons (Fsp3) is 0.409. The van der Waals surface area contributed by atoms with Crippen LogP contribution in [-0.4, -0.2) is 51.8 Å². The first-order valence-corrected chi connectivity index (χ1v) is 10.0. The van der Waals surface area contributed by atoms with Crippen molar-refractivity contribution in [3.63, 3.8) is 0 Å². The van der Waals surface area contributed by atoms with E-state index in [0.29, 0.717) is 34.4 Å². The summed E-state index contributed by atoms with van der Waals surface area (Å²) in [6, 6.07) is 11.2. The minimum absolute atomic E-state index is 0.0151. The molecule has 1 fully saturated rings. The molecule has 1 unspecified atom stereocenters. The lowest BCUT2D eigenvalue weighted by molar-refractivity contribution is 0.0934. The summed E-state index contributed by atoms with van der Waals surface area (Å²) < 4.78 is 16.1. The van der Waals surface area contributed by atoms with Crippen LogP contribution in [0.1, 0.15) is 34.8 Å². The molecular weight excluding hydrogens is 392 g/mol. The van der Waals surface area contributed by atoms with Gasteiger partial charge in [-0.1, -0.05) is 29.8 Å². The second-order valence-corrected chi connectivity index (χ2v) is 7.28. The summed E-state index contributed by atoms with van der Waals surface area (Å²) in [5.41, 5.74) is 1.42. The van der Waals surface area contributed by atoms with Crippen LogP contribution in [-0.2, 0) is 0 Å². The van der Waals surface area contributed by atoms with Crippen LogP contribution in [0.3, 0.4) is 0 Å². The van der Waals surface area contributed by atoms with Gasteiger partial charge >= 0.3 is 0 Å². The van der Waals surface area contributed by atoms with E-state index in [2.05, 4.69) is 10.2 Å². The zero-order valence-electron chi connectivity index (χ0n) is 17.0. The zero-order chi connectivity index (χ0) is 20.8. The quantitative estimate of drug-likeness (QED) is 0.703. The number of hydrogen-bond donors (Lipinski definition) is 1. The molecular formula is C22H27ClN2O4. The molecule has 0 saturated carbocycles. The highest BCUT2D eigenvalue weighted by Crippen LogP contribution is 2.39. The maximum Gasteiger partial charge on any atom is 0.255 e. The number of amides is 1. The van der Waals surface area contributed by atoms with Gasteiger partial charge in [0, 0.05) is 11.6 Å². The van der Waals surface area contributed by atoms with Crippen molar-refractivity contribution >= 4 is 17.5 Å². The second kappa shape index (κ2) is 9.85. The Hall–Kier alpha value is -2.44. The van der Waals surface area contributed by atoms with E-state index in [1.807, 2.05) is 24.3 Å². The summed E-state index contributed by atoms with van der Waals surface area (Å²) >= 11 is 6.46. The number of likely N-dealkylation sites (tertiary alicyclic amines) is 1. The summed E-state index contributed by atoms with van der Waals surface area (Å²) in [5.74, 6) is 1.01. The Morgan fingerprint density at radius 1 is 1.03 bits per heavy atom. The van der Waals surface area contributed by atoms with Gasteiger partial charge in [0.25, 0.3) is 5.91 Å². The average Bonchev–Trinajstić information content (AvgIpc) is 3.28. The van der Waals surface area contributed by atoms with E-state index in [-0.39, 0.29) is 11.9 Å². The lowest BCUT2D eigenvalue weighted by Crippen LogP contribution is -2.37. The van der Waals surface area contributed by atoms with Gasteiger partial charge in [-0.15, -0.1) is 0 Å². The van der Waals surface area contributed by atoms with Gasteiger partial charge in [0.05, 0.1) is 32.9 Å². The third kappa shape index (κ3) is 4.60. The van der Waals surface area contributed by atoms with E-state index >= 15 is 0 Å². The Balaban J connectivity index is 1.83. The van der Waals surface area contributed by atoms with Gasteiger partial charge in [0.15, 0.2) is 11.5 Å². The van der Waals surface area contributed by atoms with Crippen LogP contribution in [0.2, 0.25) is 5.02 Å². The third-order valence-corrected chi connectivity index (χ3v) is 5.59. The topological polar surface area (TPSA) is 60.0 Å². The standard InChI is InChI=1S/C22H27ClN2O4/c1-27-19-11-10-16(20(28-2)21(19)29-3)22(26)24-14-18(25-12-6-7-13-25)15-8-4-5-9-17(15)23/h4-5,8-11,18H,6-7,12-14H2,1-3H3,(H,24,26). The van der Waals surface area contributed by atoms with Crippen LogP contribution < -0.4 is 19.5 Å². The summed E-state index contributed by atoms with van der Waals surface area (Å²) in [7, 11) is 4.56. The van der Waals surface area contributed by atoms with Gasteiger partial charge < -0.3 is 19.5 Å². The zero-order valence-corrected chi connectivity index (χ0v) is 17.8. The molecule has 0 radical (unpaired) electrons. The van der Waals surface area contributed by atoms with Crippen LogP contribution >= 0.6 is 11.6 Å². The van der Waals surface area contributed by atoms with E-state index < -0.39 is 0 Å². The molecule has 3 rings (SSSR count).